The molecule has 30 heteroatoms. The number of nitrogens with zero attached hydrogens (tertiary/aromatic N) is 2. The maximum absolute atomic E-state index is 13.7. The van der Waals surface area contributed by atoms with Gasteiger partial charge in [-0.05, 0) is 79.6 Å². The van der Waals surface area contributed by atoms with Crippen molar-refractivity contribution in [3.63, 3.8) is 0 Å². The molecule has 0 aromatic carbocycles. The average Bonchev–Trinajstić information content (AvgIpc) is 4.03. The van der Waals surface area contributed by atoms with E-state index in [-0.39, 0.29) is 43.2 Å². The lowest BCUT2D eigenvalue weighted by atomic mass is 10.0. The van der Waals surface area contributed by atoms with E-state index in [1.807, 2.05) is 13.8 Å². The zero-order valence-electron chi connectivity index (χ0n) is 43.2. The predicted molar refractivity (Wildman–Crippen MR) is 272 cm³/mol. The third-order valence-corrected chi connectivity index (χ3v) is 12.8. The van der Waals surface area contributed by atoms with Crippen LogP contribution >= 0.6 is 25.3 Å². The normalized spacial score (nSPS) is 19.6. The molecule has 75 heavy (non-hydrogen) atoms. The standard InChI is InChI=1S/C45H74N12O16S2/c1-19(2)15-26(52-40(67)30-11-9-13-56(30)43(70)20(3)46)37(64)48-21(4)34(61)47-22(5)35(62)51-27(16-32(59)60)38(65)50-24(7)44(71)57-14-10-12-31(57)41(68)55-33(25(8)58)42(69)49-23(6)36(63)53-28(17-74)39(66)54-29(18-75)45(72)73/h19-31,33,58,74-75H,9-18,46H2,1-8H3,(H,47,61)(H,48,64)(H,49,69)(H,50,65)(H,51,62)(H,52,67)(H,53,63)(H,54,66)(H,55,68)(H,59,60)(H,72,73)/t20-,21-,22-,23-,24-,25+,26-,27-,28-,29-,30-,31-,33-/m0/s1. The average molecular weight is 1100 g/mol. The molecule has 422 valence electrons. The molecule has 0 aromatic rings. The van der Waals surface area contributed by atoms with Gasteiger partial charge in [0.25, 0.3) is 0 Å². The second-order valence-electron chi connectivity index (χ2n) is 19.0. The molecule has 0 radical (unpaired) electrons. The fourth-order valence-corrected chi connectivity index (χ4v) is 8.40. The highest BCUT2D eigenvalue weighted by Gasteiger charge is 2.41. The molecule has 0 bridgehead atoms. The Labute approximate surface area is 444 Å². The second-order valence-corrected chi connectivity index (χ2v) is 19.7. The van der Waals surface area contributed by atoms with Gasteiger partial charge in [0.1, 0.15) is 66.5 Å². The molecular formula is C45H74N12O16S2. The Hall–Kier alpha value is -6.27. The predicted octanol–water partition coefficient (Wildman–Crippen LogP) is -5.40. The van der Waals surface area contributed by atoms with Crippen molar-refractivity contribution in [2.24, 2.45) is 11.7 Å². The lowest BCUT2D eigenvalue weighted by Crippen LogP contribution is -2.61. The third kappa shape index (κ3) is 19.7. The first-order valence-corrected chi connectivity index (χ1v) is 25.7. The van der Waals surface area contributed by atoms with Gasteiger partial charge < -0.3 is 78.7 Å². The Morgan fingerprint density at radius 1 is 0.507 bits per heavy atom. The van der Waals surface area contributed by atoms with E-state index in [0.717, 1.165) is 4.90 Å². The fraction of sp³-hybridized carbons (Fsp3) is 0.711. The summed E-state index contributed by atoms with van der Waals surface area (Å²) in [4.78, 5) is 171. The van der Waals surface area contributed by atoms with Crippen molar-refractivity contribution >= 4 is 102 Å². The molecule has 0 unspecified atom stereocenters. The van der Waals surface area contributed by atoms with Gasteiger partial charge in [-0.15, -0.1) is 0 Å². The van der Waals surface area contributed by atoms with E-state index in [1.165, 1.54) is 46.4 Å². The number of rotatable bonds is 28. The molecular weight excluding hydrogens is 1030 g/mol. The molecule has 0 saturated carbocycles. The summed E-state index contributed by atoms with van der Waals surface area (Å²) in [5.74, 6) is -12.8. The first kappa shape index (κ1) is 64.8. The van der Waals surface area contributed by atoms with E-state index in [0.29, 0.717) is 19.4 Å². The van der Waals surface area contributed by atoms with Crippen molar-refractivity contribution in [3.8, 4) is 0 Å². The quantitative estimate of drug-likeness (QED) is 0.0325. The molecule has 0 aliphatic carbocycles. The number of aliphatic carboxylic acids is 2. The summed E-state index contributed by atoms with van der Waals surface area (Å²) in [6, 6.07) is -15.7. The fourth-order valence-electron chi connectivity index (χ4n) is 7.90. The van der Waals surface area contributed by atoms with Crippen LogP contribution in [0, 0.1) is 5.92 Å². The van der Waals surface area contributed by atoms with E-state index in [2.05, 4.69) is 73.1 Å². The number of carbonyl (C=O) groups is 13. The number of likely N-dealkylation sites (tertiary alicyclic amines) is 2. The third-order valence-electron chi connectivity index (χ3n) is 12.1. The van der Waals surface area contributed by atoms with Crippen LogP contribution in [0.25, 0.3) is 0 Å². The van der Waals surface area contributed by atoms with Gasteiger partial charge in [-0.3, -0.25) is 57.5 Å². The number of amides is 11. The van der Waals surface area contributed by atoms with Gasteiger partial charge in [-0.2, -0.15) is 25.3 Å². The van der Waals surface area contributed by atoms with Crippen molar-refractivity contribution in [3.05, 3.63) is 0 Å². The SMILES string of the molecule is CC(C)C[C@H](NC(=O)[C@@H]1CCCN1C(=O)[C@H](C)N)C(=O)N[C@@H](C)C(=O)N[C@@H](C)C(=O)N[C@@H](CC(=O)O)C(=O)N[C@@H](C)C(=O)N1CCC[C@H]1C(=O)N[C@H](C(=O)N[C@@H](C)C(=O)N[C@@H](CS)C(=O)N[C@@H](CS)C(=O)O)[C@@H](C)O. The summed E-state index contributed by atoms with van der Waals surface area (Å²) in [6.45, 7) is 11.6. The Kier molecular flexibility index (Phi) is 26.2. The number of nitrogens with one attached hydrogen (secondary N) is 9. The zero-order chi connectivity index (χ0) is 57.2. The second kappa shape index (κ2) is 30.3. The maximum atomic E-state index is 13.7. The molecule has 13 atom stereocenters. The summed E-state index contributed by atoms with van der Waals surface area (Å²) >= 11 is 7.89. The number of thiol groups is 2. The van der Waals surface area contributed by atoms with Gasteiger partial charge in [0.15, 0.2) is 0 Å². The lowest BCUT2D eigenvalue weighted by molar-refractivity contribution is -0.144. The van der Waals surface area contributed by atoms with Crippen LogP contribution in [0.3, 0.4) is 0 Å². The van der Waals surface area contributed by atoms with Gasteiger partial charge in [-0.1, -0.05) is 13.8 Å². The van der Waals surface area contributed by atoms with Gasteiger partial charge in [0.2, 0.25) is 65.0 Å². The van der Waals surface area contributed by atoms with Crippen molar-refractivity contribution in [1.82, 2.24) is 57.7 Å². The minimum absolute atomic E-state index is 0.00459. The Balaban J connectivity index is 2.06. The highest BCUT2D eigenvalue weighted by Crippen LogP contribution is 2.21. The van der Waals surface area contributed by atoms with Crippen molar-refractivity contribution < 1.29 is 77.6 Å². The van der Waals surface area contributed by atoms with Crippen molar-refractivity contribution in [1.29, 1.82) is 0 Å². The Morgan fingerprint density at radius 2 is 0.907 bits per heavy atom. The van der Waals surface area contributed by atoms with E-state index in [4.69, 9.17) is 5.73 Å². The van der Waals surface area contributed by atoms with E-state index in [1.54, 1.807) is 0 Å². The van der Waals surface area contributed by atoms with E-state index >= 15 is 0 Å². The molecule has 28 nitrogen and oxygen atoms in total. The minimum atomic E-state index is -1.79. The minimum Gasteiger partial charge on any atom is -0.481 e. The van der Waals surface area contributed by atoms with E-state index < -0.39 is 162 Å². The van der Waals surface area contributed by atoms with Crippen molar-refractivity contribution in [2.75, 3.05) is 24.6 Å². The molecule has 2 rings (SSSR count). The monoisotopic (exact) mass is 1100 g/mol. The highest BCUT2D eigenvalue weighted by atomic mass is 32.1. The van der Waals surface area contributed by atoms with Gasteiger partial charge in [0.05, 0.1) is 18.6 Å². The summed E-state index contributed by atoms with van der Waals surface area (Å²) < 4.78 is 0. The summed E-state index contributed by atoms with van der Waals surface area (Å²) in [7, 11) is 0. The number of carbonyl (C=O) groups excluding carboxylic acids is 11. The van der Waals surface area contributed by atoms with Gasteiger partial charge in [-0.25, -0.2) is 4.79 Å². The number of aliphatic hydroxyl groups excluding tert-OH is 1. The summed E-state index contributed by atoms with van der Waals surface area (Å²) in [5, 5.41) is 50.6. The molecule has 2 saturated heterocycles. The molecule has 14 N–H and O–H groups in total. The number of aliphatic hydroxyl groups is 1. The highest BCUT2D eigenvalue weighted by molar-refractivity contribution is 7.80. The first-order chi connectivity index (χ1) is 34.9. The zero-order valence-corrected chi connectivity index (χ0v) is 45.0. The van der Waals surface area contributed by atoms with Crippen LogP contribution in [0.4, 0.5) is 0 Å². The van der Waals surface area contributed by atoms with E-state index in [9.17, 15) is 77.6 Å². The molecule has 2 aliphatic heterocycles. The first-order valence-electron chi connectivity index (χ1n) is 24.4. The largest absolute Gasteiger partial charge is 0.481 e. The van der Waals surface area contributed by atoms with Crippen LogP contribution in [0.2, 0.25) is 0 Å². The van der Waals surface area contributed by atoms with Crippen LogP contribution in [-0.4, -0.2) is 205 Å². The lowest BCUT2D eigenvalue weighted by Gasteiger charge is -2.30. The number of nitrogens with two attached hydrogens (primary N) is 1. The summed E-state index contributed by atoms with van der Waals surface area (Å²) in [6.07, 6.45) is -1.08. The smallest absolute Gasteiger partial charge is 0.327 e. The van der Waals surface area contributed by atoms with Crippen LogP contribution in [0.15, 0.2) is 0 Å². The molecule has 2 aliphatic rings. The number of hydrogen-bond acceptors (Lipinski definition) is 17. The molecule has 2 heterocycles. The van der Waals surface area contributed by atoms with Crippen LogP contribution in [0.1, 0.15) is 93.9 Å². The van der Waals surface area contributed by atoms with Crippen LogP contribution < -0.4 is 53.6 Å². The Morgan fingerprint density at radius 3 is 1.36 bits per heavy atom. The number of carboxylic acids is 2. The molecule has 0 aromatic heterocycles. The summed E-state index contributed by atoms with van der Waals surface area (Å²) in [5.41, 5.74) is 5.75. The molecule has 0 spiro atoms. The van der Waals surface area contributed by atoms with Crippen LogP contribution in [-0.2, 0) is 62.3 Å². The Bertz CT molecular complexity index is 2140. The molecule has 11 amide bonds. The maximum Gasteiger partial charge on any atom is 0.327 e. The van der Waals surface area contributed by atoms with Gasteiger partial charge >= 0.3 is 11.9 Å². The van der Waals surface area contributed by atoms with Crippen LogP contribution in [0.5, 0.6) is 0 Å². The van der Waals surface area contributed by atoms with Crippen molar-refractivity contribution in [2.45, 2.75) is 173 Å². The molecule has 2 fully saturated rings. The number of hydrogen-bond donors (Lipinski definition) is 15. The topological polar surface area (TPSA) is 423 Å². The number of carboxylic acid groups (broad SMARTS) is 2. The van der Waals surface area contributed by atoms with Gasteiger partial charge in [0, 0.05) is 24.6 Å².